The maximum atomic E-state index is 9.84. The van der Waals surface area contributed by atoms with E-state index in [0.717, 1.165) is 58.4 Å². The van der Waals surface area contributed by atoms with Crippen LogP contribution in [0.5, 0.6) is 0 Å². The second kappa shape index (κ2) is 11.2. The van der Waals surface area contributed by atoms with Gasteiger partial charge in [-0.25, -0.2) is 0 Å². The summed E-state index contributed by atoms with van der Waals surface area (Å²) in [6.07, 6.45) is 6.07. The van der Waals surface area contributed by atoms with Crippen LogP contribution in [0.4, 0.5) is 0 Å². The Bertz CT molecular complexity index is 495. The Hall–Kier alpha value is -0.580. The average Bonchev–Trinajstić information content (AvgIpc) is 2.62. The predicted octanol–water partition coefficient (Wildman–Crippen LogP) is 3.71. The molecule has 2 N–H and O–H groups in total. The molecule has 1 atom stereocenters. The molecule has 5 heteroatoms. The predicted molar refractivity (Wildman–Crippen MR) is 111 cm³/mol. The number of piperazine rings is 1. The summed E-state index contributed by atoms with van der Waals surface area (Å²) in [5.41, 5.74) is 2.64. The van der Waals surface area contributed by atoms with Crippen LogP contribution >= 0.6 is 24.8 Å². The molecule has 142 valence electrons. The second-order valence-corrected chi connectivity index (χ2v) is 7.10. The number of rotatable bonds is 5. The summed E-state index contributed by atoms with van der Waals surface area (Å²) >= 11 is 0. The van der Waals surface area contributed by atoms with Crippen LogP contribution in [0.3, 0.4) is 0 Å². The molecule has 0 radical (unpaired) electrons. The highest BCUT2D eigenvalue weighted by molar-refractivity contribution is 5.85. The van der Waals surface area contributed by atoms with Crippen LogP contribution in [0, 0.1) is 5.92 Å². The summed E-state index contributed by atoms with van der Waals surface area (Å²) in [7, 11) is 0. The normalized spacial score (nSPS) is 25.3. The van der Waals surface area contributed by atoms with Gasteiger partial charge in [-0.2, -0.15) is 0 Å². The van der Waals surface area contributed by atoms with Crippen molar-refractivity contribution in [2.24, 2.45) is 5.92 Å². The van der Waals surface area contributed by atoms with E-state index in [2.05, 4.69) is 41.1 Å². The van der Waals surface area contributed by atoms with E-state index in [-0.39, 0.29) is 30.9 Å². The highest BCUT2D eigenvalue weighted by Gasteiger charge is 2.29. The molecule has 1 unspecified atom stereocenters. The molecule has 1 saturated carbocycles. The van der Waals surface area contributed by atoms with E-state index in [1.165, 1.54) is 11.1 Å². The van der Waals surface area contributed by atoms with Crippen LogP contribution in [0.1, 0.15) is 42.7 Å². The number of aliphatic hydroxyl groups is 1. The molecule has 2 fully saturated rings. The van der Waals surface area contributed by atoms with E-state index >= 15 is 0 Å². The number of halogens is 2. The first-order valence-electron chi connectivity index (χ1n) is 9.10. The summed E-state index contributed by atoms with van der Waals surface area (Å²) in [4.78, 5) is 2.60. The lowest BCUT2D eigenvalue weighted by molar-refractivity contribution is 0.0932. The monoisotopic (exact) mass is 386 g/mol. The Labute approximate surface area is 164 Å². The third-order valence-electron chi connectivity index (χ3n) is 5.58. The Morgan fingerprint density at radius 2 is 1.68 bits per heavy atom. The highest BCUT2D eigenvalue weighted by Crippen LogP contribution is 2.37. The fourth-order valence-corrected chi connectivity index (χ4v) is 4.08. The first-order chi connectivity index (χ1) is 11.3. The van der Waals surface area contributed by atoms with Gasteiger partial charge < -0.3 is 15.3 Å². The van der Waals surface area contributed by atoms with Crippen LogP contribution in [-0.2, 0) is 0 Å². The third kappa shape index (κ3) is 6.26. The summed E-state index contributed by atoms with van der Waals surface area (Å²) in [5.74, 6) is 1.28. The van der Waals surface area contributed by atoms with Gasteiger partial charge in [0.25, 0.3) is 0 Å². The largest absolute Gasteiger partial charge is 0.393 e. The molecule has 3 nitrogen and oxygen atoms in total. The molecule has 25 heavy (non-hydrogen) atoms. The summed E-state index contributed by atoms with van der Waals surface area (Å²) in [6, 6.07) is 8.94. The molecule has 1 aromatic rings. The molecule has 0 spiro atoms. The highest BCUT2D eigenvalue weighted by atomic mass is 35.5. The van der Waals surface area contributed by atoms with Crippen molar-refractivity contribution in [1.82, 2.24) is 10.2 Å². The van der Waals surface area contributed by atoms with Crippen molar-refractivity contribution in [3.63, 3.8) is 0 Å². The number of nitrogens with zero attached hydrogens (tertiary/aromatic N) is 1. The molecule has 0 amide bonds. The Morgan fingerprint density at radius 3 is 2.24 bits per heavy atom. The summed E-state index contributed by atoms with van der Waals surface area (Å²) in [6.45, 7) is 9.51. The number of aliphatic hydroxyl groups excluding tert-OH is 1. The van der Waals surface area contributed by atoms with E-state index in [9.17, 15) is 5.11 Å². The van der Waals surface area contributed by atoms with Gasteiger partial charge in [0.2, 0.25) is 0 Å². The molecule has 1 aliphatic heterocycles. The van der Waals surface area contributed by atoms with Crippen LogP contribution in [0.25, 0.3) is 6.08 Å². The number of hydrogen-bond donors (Lipinski definition) is 2. The van der Waals surface area contributed by atoms with Crippen molar-refractivity contribution in [2.45, 2.75) is 37.7 Å². The molecule has 0 aromatic heterocycles. The van der Waals surface area contributed by atoms with Gasteiger partial charge in [-0.3, -0.25) is 0 Å². The van der Waals surface area contributed by atoms with Crippen LogP contribution in [0.15, 0.2) is 30.8 Å². The average molecular weight is 387 g/mol. The van der Waals surface area contributed by atoms with Gasteiger partial charge in [-0.15, -0.1) is 24.8 Å². The maximum Gasteiger partial charge on any atom is 0.0540 e. The molecular weight excluding hydrogens is 355 g/mol. The van der Waals surface area contributed by atoms with Gasteiger partial charge in [0.1, 0.15) is 0 Å². The maximum absolute atomic E-state index is 9.84. The van der Waals surface area contributed by atoms with E-state index in [1.54, 1.807) is 0 Å². The molecule has 2 aliphatic rings. The van der Waals surface area contributed by atoms with Crippen molar-refractivity contribution in [1.29, 1.82) is 0 Å². The Balaban J connectivity index is 0.00000156. The van der Waals surface area contributed by atoms with Crippen LogP contribution < -0.4 is 5.32 Å². The molecule has 1 saturated heterocycles. The van der Waals surface area contributed by atoms with E-state index in [1.807, 2.05) is 6.08 Å². The second-order valence-electron chi connectivity index (χ2n) is 7.10. The van der Waals surface area contributed by atoms with E-state index < -0.39 is 0 Å². The summed E-state index contributed by atoms with van der Waals surface area (Å²) in [5, 5.41) is 13.3. The standard InChI is InChI=1S/C20H30N2O.2ClH/c1-2-16-3-5-17(6-4-16)20(15-22-13-11-21-12-14-22)18-7-9-19(23)10-8-18;;/h2-6,18-21,23H,1,7-15H2;2*1H. The molecule has 3 rings (SSSR count). The molecule has 1 aromatic carbocycles. The Morgan fingerprint density at radius 1 is 1.08 bits per heavy atom. The lowest BCUT2D eigenvalue weighted by Crippen LogP contribution is -2.46. The number of benzene rings is 1. The first kappa shape index (κ1) is 22.5. The molecule has 1 heterocycles. The van der Waals surface area contributed by atoms with Crippen LogP contribution in [0.2, 0.25) is 0 Å². The topological polar surface area (TPSA) is 35.5 Å². The van der Waals surface area contributed by atoms with E-state index in [4.69, 9.17) is 0 Å². The Kier molecular flexibility index (Phi) is 10.1. The van der Waals surface area contributed by atoms with Gasteiger partial charge in [0.05, 0.1) is 6.10 Å². The van der Waals surface area contributed by atoms with Gasteiger partial charge in [0, 0.05) is 32.7 Å². The zero-order valence-corrected chi connectivity index (χ0v) is 16.5. The quantitative estimate of drug-likeness (QED) is 0.809. The fraction of sp³-hybridized carbons (Fsp3) is 0.600. The first-order valence-corrected chi connectivity index (χ1v) is 9.10. The van der Waals surface area contributed by atoms with Gasteiger partial charge in [-0.05, 0) is 48.6 Å². The third-order valence-corrected chi connectivity index (χ3v) is 5.58. The fourth-order valence-electron chi connectivity index (χ4n) is 4.08. The minimum Gasteiger partial charge on any atom is -0.393 e. The summed E-state index contributed by atoms with van der Waals surface area (Å²) < 4.78 is 0. The SMILES string of the molecule is C=Cc1ccc(C(CN2CCNCC2)C2CCC(O)CC2)cc1.Cl.Cl. The smallest absolute Gasteiger partial charge is 0.0540 e. The zero-order chi connectivity index (χ0) is 16.1. The number of hydrogen-bond acceptors (Lipinski definition) is 3. The minimum atomic E-state index is -0.0748. The lowest BCUT2D eigenvalue weighted by atomic mass is 9.75. The minimum absolute atomic E-state index is 0. The van der Waals surface area contributed by atoms with Crippen molar-refractivity contribution < 1.29 is 5.11 Å². The van der Waals surface area contributed by atoms with Crippen molar-refractivity contribution in [3.8, 4) is 0 Å². The van der Waals surface area contributed by atoms with Crippen molar-refractivity contribution >= 4 is 30.9 Å². The molecule has 0 bridgehead atoms. The van der Waals surface area contributed by atoms with Gasteiger partial charge in [0.15, 0.2) is 0 Å². The van der Waals surface area contributed by atoms with Gasteiger partial charge >= 0.3 is 0 Å². The van der Waals surface area contributed by atoms with Crippen molar-refractivity contribution in [3.05, 3.63) is 42.0 Å². The van der Waals surface area contributed by atoms with Crippen molar-refractivity contribution in [2.75, 3.05) is 32.7 Å². The zero-order valence-electron chi connectivity index (χ0n) is 14.9. The van der Waals surface area contributed by atoms with Crippen LogP contribution in [-0.4, -0.2) is 48.8 Å². The lowest BCUT2D eigenvalue weighted by Gasteiger charge is -2.37. The molecular formula is C20H32Cl2N2O. The van der Waals surface area contributed by atoms with E-state index in [0.29, 0.717) is 11.8 Å². The number of nitrogens with one attached hydrogen (secondary N) is 1. The molecule has 1 aliphatic carbocycles. The van der Waals surface area contributed by atoms with Gasteiger partial charge in [-0.1, -0.05) is 36.9 Å².